The van der Waals surface area contributed by atoms with Crippen molar-refractivity contribution in [1.82, 2.24) is 20.2 Å². The van der Waals surface area contributed by atoms with Crippen LogP contribution in [0.5, 0.6) is 0 Å². The molecular weight excluding hydrogens is 450 g/mol. The fourth-order valence-corrected chi connectivity index (χ4v) is 4.83. The number of piperazine rings is 1. The molecule has 10 nitrogen and oxygen atoms in total. The van der Waals surface area contributed by atoms with E-state index in [2.05, 4.69) is 15.3 Å². The van der Waals surface area contributed by atoms with Crippen molar-refractivity contribution in [2.75, 3.05) is 55.7 Å². The molecule has 4 heterocycles. The number of carbonyl (C=O) groups excluding carboxylic acids is 2. The summed E-state index contributed by atoms with van der Waals surface area (Å²) >= 11 is 0. The molecule has 0 bridgehead atoms. The average Bonchev–Trinajstić information content (AvgIpc) is 3.12. The minimum atomic E-state index is -2.96. The fourth-order valence-electron chi connectivity index (χ4n) is 4.83. The monoisotopic (exact) mass is 480 g/mol. The Morgan fingerprint density at radius 3 is 2.56 bits per heavy atom. The van der Waals surface area contributed by atoms with Gasteiger partial charge in [-0.2, -0.15) is 13.8 Å². The summed E-state index contributed by atoms with van der Waals surface area (Å²) in [7, 11) is 0. The Morgan fingerprint density at radius 2 is 1.91 bits per heavy atom. The van der Waals surface area contributed by atoms with Gasteiger partial charge in [-0.05, 0) is 26.7 Å². The maximum Gasteiger partial charge on any atom is 0.417 e. The zero-order valence-electron chi connectivity index (χ0n) is 19.4. The number of amides is 1. The van der Waals surface area contributed by atoms with Gasteiger partial charge in [-0.1, -0.05) is 0 Å². The number of alkyl halides is 2. The van der Waals surface area contributed by atoms with Gasteiger partial charge in [-0.15, -0.1) is 0 Å². The predicted octanol–water partition coefficient (Wildman–Crippen LogP) is 1.28. The normalized spacial score (nSPS) is 27.6. The third-order valence-electron chi connectivity index (χ3n) is 7.26. The summed E-state index contributed by atoms with van der Waals surface area (Å²) in [5.41, 5.74) is 0.325. The molecule has 4 aliphatic rings. The first-order chi connectivity index (χ1) is 16.2. The molecule has 3 saturated heterocycles. The minimum absolute atomic E-state index is 0.168. The number of anilines is 2. The maximum atomic E-state index is 14.5. The zero-order chi connectivity index (χ0) is 24.0. The molecule has 0 saturated carbocycles. The van der Waals surface area contributed by atoms with E-state index in [0.717, 1.165) is 13.0 Å². The van der Waals surface area contributed by atoms with Gasteiger partial charge in [0.1, 0.15) is 18.1 Å². The molecule has 1 aromatic heterocycles. The highest BCUT2D eigenvalue weighted by Crippen LogP contribution is 2.46. The Bertz CT molecular complexity index is 973. The van der Waals surface area contributed by atoms with E-state index in [1.165, 1.54) is 4.90 Å². The Labute approximate surface area is 196 Å². The minimum Gasteiger partial charge on any atom is -0.374 e. The van der Waals surface area contributed by atoms with Crippen LogP contribution >= 0.6 is 0 Å². The Kier molecular flexibility index (Phi) is 6.05. The number of ether oxygens (including phenoxy) is 2. The van der Waals surface area contributed by atoms with Crippen LogP contribution in [0.4, 0.5) is 25.3 Å². The second-order valence-corrected chi connectivity index (χ2v) is 9.43. The highest BCUT2D eigenvalue weighted by Gasteiger charge is 2.47. The highest BCUT2D eigenvalue weighted by atomic mass is 19.3. The molecule has 3 atom stereocenters. The zero-order valence-corrected chi connectivity index (χ0v) is 19.4. The van der Waals surface area contributed by atoms with Crippen LogP contribution in [-0.4, -0.2) is 91.0 Å². The number of rotatable bonds is 5. The lowest BCUT2D eigenvalue weighted by Crippen LogP contribution is -2.61. The molecule has 1 N–H and O–H groups in total. The van der Waals surface area contributed by atoms with Crippen LogP contribution < -0.4 is 15.1 Å². The maximum absolute atomic E-state index is 14.5. The number of halogens is 2. The molecule has 34 heavy (non-hydrogen) atoms. The molecule has 3 fully saturated rings. The topological polar surface area (TPSA) is 100 Å². The molecule has 3 aliphatic heterocycles. The van der Waals surface area contributed by atoms with Crippen LogP contribution in [0.3, 0.4) is 0 Å². The molecule has 1 amide bonds. The quantitative estimate of drug-likeness (QED) is 0.493. The number of nitrogens with zero attached hydrogens (tertiary/aromatic N) is 5. The molecule has 2 unspecified atom stereocenters. The van der Waals surface area contributed by atoms with Gasteiger partial charge < -0.3 is 29.5 Å². The SMILES string of the molecule is CC1CCN1c1nc(N2CC(OCC(=O)OC(=O)N3CCNCC3)[C@@H]2C)c2c(n1)C(F)(F)CC2. The van der Waals surface area contributed by atoms with E-state index in [1.54, 1.807) is 0 Å². The number of fused-ring (bicyclic) bond motifs is 1. The Morgan fingerprint density at radius 1 is 1.15 bits per heavy atom. The first kappa shape index (κ1) is 23.2. The van der Waals surface area contributed by atoms with E-state index in [0.29, 0.717) is 50.1 Å². The number of carbonyl (C=O) groups is 2. The number of hydrogen-bond donors (Lipinski definition) is 1. The van der Waals surface area contributed by atoms with Gasteiger partial charge in [0.25, 0.3) is 5.92 Å². The summed E-state index contributed by atoms with van der Waals surface area (Å²) in [5, 5.41) is 3.12. The van der Waals surface area contributed by atoms with Crippen molar-refractivity contribution < 1.29 is 27.8 Å². The summed E-state index contributed by atoms with van der Waals surface area (Å²) < 4.78 is 39.7. The summed E-state index contributed by atoms with van der Waals surface area (Å²) in [6.45, 7) is 7.03. The van der Waals surface area contributed by atoms with Crippen LogP contribution in [0.2, 0.25) is 0 Å². The molecular formula is C22H30F2N6O4. The summed E-state index contributed by atoms with van der Waals surface area (Å²) in [6, 6.07) is 0.0484. The van der Waals surface area contributed by atoms with Gasteiger partial charge in [0.2, 0.25) is 5.95 Å². The van der Waals surface area contributed by atoms with Gasteiger partial charge in [0, 0.05) is 57.3 Å². The average molecular weight is 481 g/mol. The van der Waals surface area contributed by atoms with E-state index >= 15 is 0 Å². The van der Waals surface area contributed by atoms with Crippen molar-refractivity contribution in [3.05, 3.63) is 11.3 Å². The van der Waals surface area contributed by atoms with Crippen molar-refractivity contribution in [2.24, 2.45) is 0 Å². The second-order valence-electron chi connectivity index (χ2n) is 9.43. The molecule has 1 aliphatic carbocycles. The molecule has 186 valence electrons. The molecule has 5 rings (SSSR count). The first-order valence-corrected chi connectivity index (χ1v) is 11.9. The largest absolute Gasteiger partial charge is 0.417 e. The number of nitrogens with one attached hydrogen (secondary N) is 1. The Hall–Kier alpha value is -2.60. The van der Waals surface area contributed by atoms with Crippen LogP contribution in [0.15, 0.2) is 0 Å². The third kappa shape index (κ3) is 4.17. The van der Waals surface area contributed by atoms with E-state index in [-0.39, 0.29) is 43.3 Å². The molecule has 0 radical (unpaired) electrons. The fraction of sp³-hybridized carbons (Fsp3) is 0.727. The number of hydrogen-bond acceptors (Lipinski definition) is 9. The van der Waals surface area contributed by atoms with Crippen molar-refractivity contribution in [1.29, 1.82) is 0 Å². The van der Waals surface area contributed by atoms with Crippen LogP contribution in [0, 0.1) is 0 Å². The van der Waals surface area contributed by atoms with Crippen molar-refractivity contribution in [3.63, 3.8) is 0 Å². The lowest BCUT2D eigenvalue weighted by molar-refractivity contribution is -0.147. The van der Waals surface area contributed by atoms with E-state index in [1.807, 2.05) is 23.6 Å². The molecule has 0 spiro atoms. The van der Waals surface area contributed by atoms with Crippen molar-refractivity contribution in [3.8, 4) is 0 Å². The number of aromatic nitrogens is 2. The van der Waals surface area contributed by atoms with Gasteiger partial charge >= 0.3 is 12.1 Å². The smallest absolute Gasteiger partial charge is 0.374 e. The number of esters is 1. The van der Waals surface area contributed by atoms with Gasteiger partial charge in [0.15, 0.2) is 0 Å². The summed E-state index contributed by atoms with van der Waals surface area (Å²) in [6.07, 6.45) is -0.0274. The van der Waals surface area contributed by atoms with Crippen LogP contribution in [0.1, 0.15) is 37.9 Å². The van der Waals surface area contributed by atoms with E-state index < -0.39 is 18.0 Å². The van der Waals surface area contributed by atoms with Gasteiger partial charge in [0.05, 0.1) is 12.1 Å². The van der Waals surface area contributed by atoms with Gasteiger partial charge in [-0.25, -0.2) is 14.6 Å². The van der Waals surface area contributed by atoms with E-state index in [4.69, 9.17) is 9.47 Å². The molecule has 12 heteroatoms. The molecule has 1 aromatic rings. The van der Waals surface area contributed by atoms with Crippen molar-refractivity contribution in [2.45, 2.75) is 57.2 Å². The standard InChI is InChI=1S/C22H30F2N6O4/c1-13-4-8-29(13)20-26-18-15(3-5-22(18,23)24)19(27-20)30-11-16(14(30)2)33-12-17(31)34-21(32)28-9-6-25-7-10-28/h13-14,16,25H,3-12H2,1-2H3/t13?,14-,16?/m0/s1. The summed E-state index contributed by atoms with van der Waals surface area (Å²) in [5.74, 6) is -2.83. The lowest BCUT2D eigenvalue weighted by atomic mass is 9.99. The molecule has 0 aromatic carbocycles. The third-order valence-corrected chi connectivity index (χ3v) is 7.26. The predicted molar refractivity (Wildman–Crippen MR) is 118 cm³/mol. The van der Waals surface area contributed by atoms with Crippen molar-refractivity contribution >= 4 is 23.8 Å². The van der Waals surface area contributed by atoms with Crippen LogP contribution in [0.25, 0.3) is 0 Å². The van der Waals surface area contributed by atoms with Gasteiger partial charge in [-0.3, -0.25) is 0 Å². The first-order valence-electron chi connectivity index (χ1n) is 11.9. The Balaban J connectivity index is 1.21. The highest BCUT2D eigenvalue weighted by molar-refractivity contribution is 5.85. The van der Waals surface area contributed by atoms with Crippen LogP contribution in [-0.2, 0) is 26.6 Å². The second kappa shape index (κ2) is 8.88. The van der Waals surface area contributed by atoms with E-state index in [9.17, 15) is 18.4 Å². The lowest BCUT2D eigenvalue weighted by Gasteiger charge is -2.47. The summed E-state index contributed by atoms with van der Waals surface area (Å²) in [4.78, 5) is 38.4.